The first kappa shape index (κ1) is 9.30. The van der Waals surface area contributed by atoms with Crippen LogP contribution in [-0.2, 0) is 0 Å². The van der Waals surface area contributed by atoms with Crippen LogP contribution in [0, 0.1) is 0 Å². The van der Waals surface area contributed by atoms with E-state index in [0.717, 1.165) is 16.2 Å². The van der Waals surface area contributed by atoms with Crippen LogP contribution in [0.25, 0.3) is 10.9 Å². The summed E-state index contributed by atoms with van der Waals surface area (Å²) >= 11 is 1.53. The molecule has 16 heavy (non-hydrogen) atoms. The van der Waals surface area contributed by atoms with E-state index in [1.807, 2.05) is 29.9 Å². The maximum atomic E-state index is 4.32. The molecule has 0 radical (unpaired) electrons. The Hall–Kier alpha value is -1.94. The lowest BCUT2D eigenvalue weighted by Gasteiger charge is -1.89. The van der Waals surface area contributed by atoms with Crippen molar-refractivity contribution in [2.24, 2.45) is 4.99 Å². The van der Waals surface area contributed by atoms with Crippen LogP contribution in [0.3, 0.4) is 0 Å². The summed E-state index contributed by atoms with van der Waals surface area (Å²) in [6.45, 7) is 0. The van der Waals surface area contributed by atoms with Gasteiger partial charge in [0.15, 0.2) is 0 Å². The number of fused-ring (bicyclic) bond motifs is 1. The predicted molar refractivity (Wildman–Crippen MR) is 67.7 cm³/mol. The maximum Gasteiger partial charge on any atom is 0.208 e. The van der Waals surface area contributed by atoms with E-state index in [-0.39, 0.29) is 0 Å². The van der Waals surface area contributed by atoms with Crippen LogP contribution >= 0.6 is 11.3 Å². The van der Waals surface area contributed by atoms with E-state index in [1.165, 1.54) is 16.7 Å². The molecule has 3 aromatic rings. The Labute approximate surface area is 96.5 Å². The fourth-order valence-electron chi connectivity index (χ4n) is 1.61. The van der Waals surface area contributed by atoms with Gasteiger partial charge in [0.1, 0.15) is 0 Å². The molecule has 0 aliphatic rings. The second kappa shape index (κ2) is 3.90. The Kier molecular flexibility index (Phi) is 2.27. The fourth-order valence-corrected chi connectivity index (χ4v) is 2.08. The minimum atomic E-state index is 0.783. The normalized spacial score (nSPS) is 11.5. The number of nitrogens with one attached hydrogen (secondary N) is 1. The van der Waals surface area contributed by atoms with E-state index in [1.54, 1.807) is 6.20 Å². The van der Waals surface area contributed by atoms with Crippen LogP contribution in [-0.4, -0.2) is 16.2 Å². The maximum absolute atomic E-state index is 4.32. The molecular formula is C12H9N3S. The molecule has 78 valence electrons. The summed E-state index contributed by atoms with van der Waals surface area (Å²) in [4.78, 5) is 11.6. The molecular weight excluding hydrogens is 218 g/mol. The first-order valence-corrected chi connectivity index (χ1v) is 5.81. The molecule has 1 N–H and O–H groups in total. The number of rotatable bonds is 2. The van der Waals surface area contributed by atoms with Crippen molar-refractivity contribution in [3.63, 3.8) is 0 Å². The van der Waals surface area contributed by atoms with Gasteiger partial charge >= 0.3 is 0 Å². The van der Waals surface area contributed by atoms with Crippen LogP contribution in [0.15, 0.2) is 47.0 Å². The lowest BCUT2D eigenvalue weighted by atomic mass is 10.2. The number of thiazole rings is 1. The van der Waals surface area contributed by atoms with Crippen LogP contribution in [0.2, 0.25) is 0 Å². The SMILES string of the molecule is C(=N/c1nccs1)/c1c[nH]c2ccccc12. The Morgan fingerprint density at radius 3 is 3.12 bits per heavy atom. The van der Waals surface area contributed by atoms with Gasteiger partial charge in [-0.3, -0.25) is 0 Å². The highest BCUT2D eigenvalue weighted by atomic mass is 32.1. The van der Waals surface area contributed by atoms with Crippen LogP contribution in [0.4, 0.5) is 5.13 Å². The molecule has 0 fully saturated rings. The van der Waals surface area contributed by atoms with E-state index >= 15 is 0 Å². The van der Waals surface area contributed by atoms with Crippen molar-refractivity contribution < 1.29 is 0 Å². The van der Waals surface area contributed by atoms with E-state index < -0.39 is 0 Å². The zero-order chi connectivity index (χ0) is 10.8. The smallest absolute Gasteiger partial charge is 0.208 e. The van der Waals surface area contributed by atoms with E-state index in [9.17, 15) is 0 Å². The molecule has 2 aromatic heterocycles. The average Bonchev–Trinajstić information content (AvgIpc) is 2.96. The standard InChI is InChI=1S/C12H9N3S/c1-2-4-11-10(3-1)9(7-14-11)8-15-12-13-5-6-16-12/h1-8,14H/b15-8-. The fraction of sp³-hybridized carbons (Fsp3) is 0. The van der Waals surface area contributed by atoms with Crippen molar-refractivity contribution in [1.82, 2.24) is 9.97 Å². The Morgan fingerprint density at radius 1 is 1.31 bits per heavy atom. The number of aromatic amines is 1. The molecule has 0 atom stereocenters. The molecule has 4 heteroatoms. The van der Waals surface area contributed by atoms with Gasteiger partial charge in [0, 0.05) is 40.5 Å². The zero-order valence-electron chi connectivity index (χ0n) is 8.42. The van der Waals surface area contributed by atoms with E-state index in [4.69, 9.17) is 0 Å². The summed E-state index contributed by atoms with van der Waals surface area (Å²) in [5, 5.41) is 3.88. The minimum Gasteiger partial charge on any atom is -0.361 e. The first-order chi connectivity index (χ1) is 7.93. The third kappa shape index (κ3) is 1.63. The Bertz CT molecular complexity index is 623. The van der Waals surface area contributed by atoms with Gasteiger partial charge < -0.3 is 4.98 Å². The van der Waals surface area contributed by atoms with Crippen LogP contribution in [0.5, 0.6) is 0 Å². The number of benzene rings is 1. The van der Waals surface area contributed by atoms with Crippen molar-refractivity contribution in [2.45, 2.75) is 0 Å². The van der Waals surface area contributed by atoms with Crippen LogP contribution < -0.4 is 0 Å². The molecule has 0 saturated carbocycles. The molecule has 0 unspecified atom stereocenters. The van der Waals surface area contributed by atoms with Gasteiger partial charge in [-0.2, -0.15) is 0 Å². The highest BCUT2D eigenvalue weighted by Gasteiger charge is 1.99. The molecule has 3 nitrogen and oxygen atoms in total. The molecule has 2 heterocycles. The molecule has 1 aromatic carbocycles. The Balaban J connectivity index is 2.01. The molecule has 0 aliphatic heterocycles. The number of aromatic nitrogens is 2. The van der Waals surface area contributed by atoms with Gasteiger partial charge in [-0.1, -0.05) is 18.2 Å². The van der Waals surface area contributed by atoms with Crippen molar-refractivity contribution in [3.05, 3.63) is 47.6 Å². The first-order valence-electron chi connectivity index (χ1n) is 4.93. The number of hydrogen-bond donors (Lipinski definition) is 1. The van der Waals surface area contributed by atoms with Crippen LogP contribution in [0.1, 0.15) is 5.56 Å². The summed E-state index contributed by atoms with van der Waals surface area (Å²) in [5.74, 6) is 0. The Morgan fingerprint density at radius 2 is 2.25 bits per heavy atom. The van der Waals surface area contributed by atoms with Gasteiger partial charge in [0.05, 0.1) is 0 Å². The highest BCUT2D eigenvalue weighted by molar-refractivity contribution is 7.13. The lowest BCUT2D eigenvalue weighted by molar-refractivity contribution is 1.36. The number of hydrogen-bond acceptors (Lipinski definition) is 3. The third-order valence-electron chi connectivity index (χ3n) is 2.35. The summed E-state index contributed by atoms with van der Waals surface area (Å²) in [7, 11) is 0. The highest BCUT2D eigenvalue weighted by Crippen LogP contribution is 2.18. The average molecular weight is 227 g/mol. The predicted octanol–water partition coefficient (Wildman–Crippen LogP) is 3.38. The third-order valence-corrected chi connectivity index (χ3v) is 3.03. The van der Waals surface area contributed by atoms with Crippen molar-refractivity contribution in [1.29, 1.82) is 0 Å². The molecule has 0 aliphatic carbocycles. The molecule has 0 spiro atoms. The van der Waals surface area contributed by atoms with E-state index in [2.05, 4.69) is 27.1 Å². The second-order valence-electron chi connectivity index (χ2n) is 3.36. The topological polar surface area (TPSA) is 41.0 Å². The van der Waals surface area contributed by atoms with Crippen molar-refractivity contribution >= 4 is 33.6 Å². The molecule has 3 rings (SSSR count). The van der Waals surface area contributed by atoms with Gasteiger partial charge in [0.2, 0.25) is 5.13 Å². The van der Waals surface area contributed by atoms with Crippen molar-refractivity contribution in [2.75, 3.05) is 0 Å². The van der Waals surface area contributed by atoms with Gasteiger partial charge in [-0.25, -0.2) is 9.98 Å². The van der Waals surface area contributed by atoms with Gasteiger partial charge in [-0.05, 0) is 6.07 Å². The number of aliphatic imine (C=N–C) groups is 1. The van der Waals surface area contributed by atoms with Gasteiger partial charge in [0.25, 0.3) is 0 Å². The second-order valence-corrected chi connectivity index (χ2v) is 4.24. The monoisotopic (exact) mass is 227 g/mol. The summed E-state index contributed by atoms with van der Waals surface area (Å²) in [6.07, 6.45) is 5.56. The van der Waals surface area contributed by atoms with Crippen molar-refractivity contribution in [3.8, 4) is 0 Å². The summed E-state index contributed by atoms with van der Waals surface area (Å²) in [6, 6.07) is 8.17. The van der Waals surface area contributed by atoms with Gasteiger partial charge in [-0.15, -0.1) is 11.3 Å². The molecule has 0 bridgehead atoms. The number of nitrogens with zero attached hydrogens (tertiary/aromatic N) is 2. The van der Waals surface area contributed by atoms with E-state index in [0.29, 0.717) is 0 Å². The largest absolute Gasteiger partial charge is 0.361 e. The number of para-hydroxylation sites is 1. The molecule has 0 saturated heterocycles. The summed E-state index contributed by atoms with van der Waals surface area (Å²) in [5.41, 5.74) is 2.22. The zero-order valence-corrected chi connectivity index (χ0v) is 9.24. The lowest BCUT2D eigenvalue weighted by Crippen LogP contribution is -1.75. The minimum absolute atomic E-state index is 0.783. The number of H-pyrrole nitrogens is 1. The summed E-state index contributed by atoms with van der Waals surface area (Å²) < 4.78 is 0. The quantitative estimate of drug-likeness (QED) is 0.670. The molecule has 0 amide bonds.